The van der Waals surface area contributed by atoms with E-state index in [9.17, 15) is 9.90 Å². The van der Waals surface area contributed by atoms with Crippen molar-refractivity contribution in [2.24, 2.45) is 11.8 Å². The summed E-state index contributed by atoms with van der Waals surface area (Å²) in [5.41, 5.74) is 3.06. The molecule has 1 aliphatic heterocycles. The van der Waals surface area contributed by atoms with Crippen molar-refractivity contribution < 1.29 is 19.4 Å². The number of rotatable bonds is 2. The molecular formula is C20H30O4. The quantitative estimate of drug-likeness (QED) is 0.472. The molecule has 0 aromatic rings. The fourth-order valence-electron chi connectivity index (χ4n) is 3.48. The Kier molecular flexibility index (Phi) is 6.41. The molecule has 0 radical (unpaired) electrons. The molecule has 4 nitrogen and oxygen atoms in total. The van der Waals surface area contributed by atoms with Gasteiger partial charge < -0.3 is 14.6 Å². The second-order valence-electron chi connectivity index (χ2n) is 7.15. The topological polar surface area (TPSA) is 55.8 Å². The molecule has 1 saturated heterocycles. The van der Waals surface area contributed by atoms with Gasteiger partial charge in [0.1, 0.15) is 6.10 Å². The van der Waals surface area contributed by atoms with Crippen LogP contribution in [0, 0.1) is 11.8 Å². The number of carbonyl (C=O) groups is 1. The van der Waals surface area contributed by atoms with Crippen molar-refractivity contribution >= 4 is 5.97 Å². The predicted molar refractivity (Wildman–Crippen MR) is 94.2 cm³/mol. The number of ether oxygens (including phenoxy) is 2. The van der Waals surface area contributed by atoms with Gasteiger partial charge in [0.25, 0.3) is 0 Å². The van der Waals surface area contributed by atoms with Gasteiger partial charge in [0.15, 0.2) is 6.29 Å². The Bertz CT molecular complexity index is 558. The number of hydrogen-bond donors (Lipinski definition) is 1. The number of fused-ring (bicyclic) bond motifs is 1. The first kappa shape index (κ1) is 18.9. The zero-order valence-electron chi connectivity index (χ0n) is 15.4. The third kappa shape index (κ3) is 4.37. The largest absolute Gasteiger partial charge is 0.458 e. The average Bonchev–Trinajstić information content (AvgIpc) is 2.79. The van der Waals surface area contributed by atoms with Gasteiger partial charge in [-0.1, -0.05) is 36.3 Å². The molecular weight excluding hydrogens is 304 g/mol. The van der Waals surface area contributed by atoms with Gasteiger partial charge in [-0.15, -0.1) is 0 Å². The van der Waals surface area contributed by atoms with E-state index in [0.717, 1.165) is 12.8 Å². The molecule has 2 rings (SSSR count). The molecule has 1 fully saturated rings. The van der Waals surface area contributed by atoms with Crippen LogP contribution in [0.15, 0.2) is 34.9 Å². The summed E-state index contributed by atoms with van der Waals surface area (Å²) in [7, 11) is 0. The number of aliphatic hydroxyl groups is 1. The normalized spacial score (nSPS) is 39.2. The second-order valence-corrected chi connectivity index (χ2v) is 7.15. The van der Waals surface area contributed by atoms with E-state index in [1.54, 1.807) is 13.0 Å². The van der Waals surface area contributed by atoms with Crippen LogP contribution in [0.2, 0.25) is 0 Å². The molecule has 0 aromatic carbocycles. The van der Waals surface area contributed by atoms with E-state index >= 15 is 0 Å². The van der Waals surface area contributed by atoms with E-state index in [-0.39, 0.29) is 30.0 Å². The molecule has 1 N–H and O–H groups in total. The summed E-state index contributed by atoms with van der Waals surface area (Å²) < 4.78 is 11.6. The summed E-state index contributed by atoms with van der Waals surface area (Å²) in [4.78, 5) is 12.3. The van der Waals surface area contributed by atoms with Crippen LogP contribution in [-0.2, 0) is 14.3 Å². The second kappa shape index (κ2) is 8.13. The smallest absolute Gasteiger partial charge is 0.333 e. The lowest BCUT2D eigenvalue weighted by molar-refractivity contribution is -0.148. The van der Waals surface area contributed by atoms with Crippen LogP contribution in [0.25, 0.3) is 0 Å². The lowest BCUT2D eigenvalue weighted by Gasteiger charge is -2.30. The minimum absolute atomic E-state index is 0.0509. The van der Waals surface area contributed by atoms with Gasteiger partial charge in [-0.25, -0.2) is 4.79 Å². The van der Waals surface area contributed by atoms with Crippen LogP contribution in [0.3, 0.4) is 0 Å². The molecule has 0 bridgehead atoms. The van der Waals surface area contributed by atoms with Crippen LogP contribution in [0.5, 0.6) is 0 Å². The lowest BCUT2D eigenvalue weighted by atomic mass is 9.82. The van der Waals surface area contributed by atoms with Gasteiger partial charge in [0, 0.05) is 23.8 Å². The highest BCUT2D eigenvalue weighted by Crippen LogP contribution is 2.39. The standard InChI is InChI=1S/C20H30O4/c1-6-14(4)19(21)23-16-10-12(2)8-7-9-13(3)11-17-18(16)15(5)20(22)24-17/h6,8,11,15-18,20,22H,7,9-10H2,1-5H3/b12-8+,13-11+,14-6+/t15-,16-,17-,18+,20-/m0/s1. The monoisotopic (exact) mass is 334 g/mol. The Morgan fingerprint density at radius 2 is 2.08 bits per heavy atom. The van der Waals surface area contributed by atoms with Crippen molar-refractivity contribution in [2.45, 2.75) is 72.4 Å². The molecule has 4 heteroatoms. The van der Waals surface area contributed by atoms with Gasteiger partial charge in [-0.05, 0) is 40.5 Å². The Balaban J connectivity index is 2.34. The zero-order chi connectivity index (χ0) is 17.9. The Morgan fingerprint density at radius 1 is 1.38 bits per heavy atom. The minimum atomic E-state index is -0.821. The van der Waals surface area contributed by atoms with Crippen LogP contribution in [0.1, 0.15) is 53.9 Å². The van der Waals surface area contributed by atoms with Gasteiger partial charge in [0.2, 0.25) is 0 Å². The maximum atomic E-state index is 12.3. The predicted octanol–water partition coefficient (Wildman–Crippen LogP) is 3.91. The third-order valence-corrected chi connectivity index (χ3v) is 5.18. The maximum Gasteiger partial charge on any atom is 0.333 e. The summed E-state index contributed by atoms with van der Waals surface area (Å²) in [6.07, 6.45) is 7.36. The first-order valence-electron chi connectivity index (χ1n) is 8.83. The molecule has 0 amide bonds. The highest BCUT2D eigenvalue weighted by Gasteiger charge is 2.46. The van der Waals surface area contributed by atoms with Gasteiger partial charge in [-0.2, -0.15) is 0 Å². The van der Waals surface area contributed by atoms with E-state index in [4.69, 9.17) is 9.47 Å². The van der Waals surface area contributed by atoms with Crippen LogP contribution in [0.4, 0.5) is 0 Å². The summed E-state index contributed by atoms with van der Waals surface area (Å²) in [5.74, 6) is -0.430. The van der Waals surface area contributed by atoms with E-state index in [0.29, 0.717) is 12.0 Å². The first-order chi connectivity index (χ1) is 11.3. The fourth-order valence-corrected chi connectivity index (χ4v) is 3.48. The summed E-state index contributed by atoms with van der Waals surface area (Å²) in [5, 5.41) is 10.2. The summed E-state index contributed by atoms with van der Waals surface area (Å²) in [6.45, 7) is 9.72. The molecule has 2 aliphatic rings. The molecule has 134 valence electrons. The van der Waals surface area contributed by atoms with Gasteiger partial charge >= 0.3 is 5.97 Å². The Morgan fingerprint density at radius 3 is 2.75 bits per heavy atom. The summed E-state index contributed by atoms with van der Waals surface area (Å²) >= 11 is 0. The first-order valence-corrected chi connectivity index (χ1v) is 8.83. The number of hydrogen-bond acceptors (Lipinski definition) is 4. The van der Waals surface area contributed by atoms with Crippen molar-refractivity contribution in [1.29, 1.82) is 0 Å². The molecule has 1 heterocycles. The lowest BCUT2D eigenvalue weighted by Crippen LogP contribution is -2.36. The molecule has 1 aliphatic carbocycles. The third-order valence-electron chi connectivity index (χ3n) is 5.18. The summed E-state index contributed by atoms with van der Waals surface area (Å²) in [6, 6.07) is 0. The number of aliphatic hydroxyl groups excluding tert-OH is 1. The van der Waals surface area contributed by atoms with E-state index in [2.05, 4.69) is 26.0 Å². The molecule has 0 aromatic heterocycles. The van der Waals surface area contributed by atoms with Crippen LogP contribution >= 0.6 is 0 Å². The van der Waals surface area contributed by atoms with Crippen molar-refractivity contribution in [3.63, 3.8) is 0 Å². The van der Waals surface area contributed by atoms with Crippen molar-refractivity contribution in [3.05, 3.63) is 34.9 Å². The Hall–Kier alpha value is -1.39. The number of carbonyl (C=O) groups excluding carboxylic acids is 1. The highest BCUT2D eigenvalue weighted by molar-refractivity contribution is 5.87. The minimum Gasteiger partial charge on any atom is -0.458 e. The molecule has 0 unspecified atom stereocenters. The molecule has 0 saturated carbocycles. The van der Waals surface area contributed by atoms with Crippen LogP contribution < -0.4 is 0 Å². The molecule has 0 spiro atoms. The van der Waals surface area contributed by atoms with Gasteiger partial charge in [-0.3, -0.25) is 0 Å². The molecule has 24 heavy (non-hydrogen) atoms. The van der Waals surface area contributed by atoms with Crippen molar-refractivity contribution in [3.8, 4) is 0 Å². The Labute approximate surface area is 145 Å². The zero-order valence-corrected chi connectivity index (χ0v) is 15.4. The molecule has 5 atom stereocenters. The number of allylic oxidation sites excluding steroid dienone is 3. The average molecular weight is 334 g/mol. The van der Waals surface area contributed by atoms with E-state index in [1.807, 2.05) is 13.8 Å². The van der Waals surface area contributed by atoms with Crippen molar-refractivity contribution in [1.82, 2.24) is 0 Å². The number of esters is 1. The SMILES string of the molecule is C/C=C(\C)C(=O)O[C@H]1C/C(C)=C/CC/C(C)=C/[C@@H]2O[C@H](O)[C@@H](C)[C@@H]21. The fraction of sp³-hybridized carbons (Fsp3) is 0.650. The maximum absolute atomic E-state index is 12.3. The van der Waals surface area contributed by atoms with Crippen molar-refractivity contribution in [2.75, 3.05) is 0 Å². The van der Waals surface area contributed by atoms with E-state index < -0.39 is 6.29 Å². The van der Waals surface area contributed by atoms with Gasteiger partial charge in [0.05, 0.1) is 6.10 Å². The van der Waals surface area contributed by atoms with Crippen LogP contribution in [-0.4, -0.2) is 29.6 Å². The van der Waals surface area contributed by atoms with E-state index in [1.165, 1.54) is 11.1 Å². The highest BCUT2D eigenvalue weighted by atomic mass is 16.6.